The number of hydrogen-bond acceptors (Lipinski definition) is 5. The van der Waals surface area contributed by atoms with Gasteiger partial charge in [0.25, 0.3) is 0 Å². The van der Waals surface area contributed by atoms with Crippen molar-refractivity contribution in [2.75, 3.05) is 13.2 Å². The van der Waals surface area contributed by atoms with Gasteiger partial charge in [-0.2, -0.15) is 0 Å². The summed E-state index contributed by atoms with van der Waals surface area (Å²) in [6.07, 6.45) is 3.52. The summed E-state index contributed by atoms with van der Waals surface area (Å²) in [5.74, 6) is 1.31. The zero-order valence-corrected chi connectivity index (χ0v) is 11.8. The molecule has 1 heterocycles. The number of benzene rings is 1. The molecule has 0 bridgehead atoms. The molecule has 0 unspecified atom stereocenters. The predicted octanol–water partition coefficient (Wildman–Crippen LogP) is 2.78. The minimum Gasteiger partial charge on any atom is -0.490 e. The number of aromatic nitrogens is 2. The smallest absolute Gasteiger partial charge is 0.322 e. The van der Waals surface area contributed by atoms with Crippen molar-refractivity contribution in [2.45, 2.75) is 20.4 Å². The van der Waals surface area contributed by atoms with Crippen LogP contribution in [0.1, 0.15) is 19.4 Å². The van der Waals surface area contributed by atoms with E-state index in [0.29, 0.717) is 24.1 Å². The molecule has 5 nitrogen and oxygen atoms in total. The van der Waals surface area contributed by atoms with Crippen LogP contribution in [0.25, 0.3) is 0 Å². The van der Waals surface area contributed by atoms with Crippen LogP contribution in [0.2, 0.25) is 0 Å². The molecule has 0 saturated heterocycles. The Balaban J connectivity index is 2.06. The summed E-state index contributed by atoms with van der Waals surface area (Å²) in [6, 6.07) is 7.80. The fraction of sp³-hybridized carbons (Fsp3) is 0.333. The highest BCUT2D eigenvalue weighted by atomic mass is 16.5. The maximum Gasteiger partial charge on any atom is 0.322 e. The minimum absolute atomic E-state index is 0.317. The van der Waals surface area contributed by atoms with Gasteiger partial charge in [-0.25, -0.2) is 9.97 Å². The first-order chi connectivity index (χ1) is 9.83. The van der Waals surface area contributed by atoms with E-state index in [4.69, 9.17) is 9.47 Å². The quantitative estimate of drug-likeness (QED) is 0.840. The van der Waals surface area contributed by atoms with Gasteiger partial charge in [-0.15, -0.1) is 0 Å². The molecule has 0 spiro atoms. The number of rotatable bonds is 7. The zero-order chi connectivity index (χ0) is 14.2. The van der Waals surface area contributed by atoms with Gasteiger partial charge in [-0.3, -0.25) is 0 Å². The van der Waals surface area contributed by atoms with Gasteiger partial charge in [0.15, 0.2) is 11.5 Å². The van der Waals surface area contributed by atoms with Crippen molar-refractivity contribution in [3.8, 4) is 17.5 Å². The van der Waals surface area contributed by atoms with E-state index in [2.05, 4.69) is 22.2 Å². The Kier molecular flexibility index (Phi) is 5.32. The van der Waals surface area contributed by atoms with E-state index < -0.39 is 0 Å². The van der Waals surface area contributed by atoms with Gasteiger partial charge in [-0.1, -0.05) is 19.1 Å². The highest BCUT2D eigenvalue weighted by Crippen LogP contribution is 2.29. The highest BCUT2D eigenvalue weighted by molar-refractivity contribution is 5.40. The summed E-state index contributed by atoms with van der Waals surface area (Å²) in [6.45, 7) is 6.25. The predicted molar refractivity (Wildman–Crippen MR) is 77.1 cm³/mol. The van der Waals surface area contributed by atoms with Crippen molar-refractivity contribution >= 4 is 0 Å². The number of nitrogens with zero attached hydrogens (tertiary/aromatic N) is 2. The van der Waals surface area contributed by atoms with Crippen LogP contribution in [0.15, 0.2) is 36.7 Å². The second kappa shape index (κ2) is 7.45. The lowest BCUT2D eigenvalue weighted by molar-refractivity contribution is 0.317. The summed E-state index contributed by atoms with van der Waals surface area (Å²) in [7, 11) is 0. The average molecular weight is 273 g/mol. The normalized spacial score (nSPS) is 10.3. The van der Waals surface area contributed by atoms with Crippen LogP contribution in [0.3, 0.4) is 0 Å². The molecule has 2 rings (SSSR count). The van der Waals surface area contributed by atoms with Crippen LogP contribution in [-0.4, -0.2) is 23.1 Å². The van der Waals surface area contributed by atoms with Crippen LogP contribution in [0, 0.1) is 0 Å². The Morgan fingerprint density at radius 2 is 1.75 bits per heavy atom. The molecular formula is C15H19N3O2. The van der Waals surface area contributed by atoms with Gasteiger partial charge in [-0.05, 0) is 25.6 Å². The van der Waals surface area contributed by atoms with Crippen molar-refractivity contribution in [1.29, 1.82) is 0 Å². The second-order valence-corrected chi connectivity index (χ2v) is 4.14. The lowest BCUT2D eigenvalue weighted by Gasteiger charge is -2.10. The molecule has 0 amide bonds. The zero-order valence-electron chi connectivity index (χ0n) is 11.8. The second-order valence-electron chi connectivity index (χ2n) is 4.14. The van der Waals surface area contributed by atoms with E-state index >= 15 is 0 Å². The summed E-state index contributed by atoms with van der Waals surface area (Å²) < 4.78 is 11.1. The Labute approximate surface area is 119 Å². The van der Waals surface area contributed by atoms with Crippen molar-refractivity contribution in [3.05, 3.63) is 42.2 Å². The van der Waals surface area contributed by atoms with Gasteiger partial charge >= 0.3 is 6.01 Å². The van der Waals surface area contributed by atoms with Crippen LogP contribution >= 0.6 is 0 Å². The molecular weight excluding hydrogens is 254 g/mol. The van der Waals surface area contributed by atoms with Gasteiger partial charge in [0.2, 0.25) is 0 Å². The Bertz CT molecular complexity index is 529. The molecule has 1 aromatic heterocycles. The van der Waals surface area contributed by atoms with Crippen LogP contribution < -0.4 is 14.8 Å². The Hall–Kier alpha value is -2.14. The highest BCUT2D eigenvalue weighted by Gasteiger charge is 2.06. The molecule has 106 valence electrons. The van der Waals surface area contributed by atoms with Gasteiger partial charge in [0.1, 0.15) is 0 Å². The van der Waals surface area contributed by atoms with Gasteiger partial charge in [0, 0.05) is 24.5 Å². The van der Waals surface area contributed by atoms with E-state index in [9.17, 15) is 0 Å². The number of hydrogen-bond donors (Lipinski definition) is 1. The summed E-state index contributed by atoms with van der Waals surface area (Å²) in [5, 5.41) is 3.22. The SMILES string of the molecule is CCNCc1cnc(Oc2ccccc2OCC)nc1. The fourth-order valence-corrected chi connectivity index (χ4v) is 1.66. The molecule has 5 heteroatoms. The largest absolute Gasteiger partial charge is 0.490 e. The molecule has 0 radical (unpaired) electrons. The fourth-order valence-electron chi connectivity index (χ4n) is 1.66. The van der Waals surface area contributed by atoms with Crippen molar-refractivity contribution < 1.29 is 9.47 Å². The van der Waals surface area contributed by atoms with Crippen molar-refractivity contribution in [3.63, 3.8) is 0 Å². The van der Waals surface area contributed by atoms with Crippen LogP contribution in [0.5, 0.6) is 17.5 Å². The molecule has 0 aliphatic carbocycles. The van der Waals surface area contributed by atoms with Crippen LogP contribution in [-0.2, 0) is 6.54 Å². The topological polar surface area (TPSA) is 56.3 Å². The van der Waals surface area contributed by atoms with E-state index in [-0.39, 0.29) is 0 Å². The van der Waals surface area contributed by atoms with E-state index in [0.717, 1.165) is 18.7 Å². The van der Waals surface area contributed by atoms with E-state index in [1.165, 1.54) is 0 Å². The molecule has 0 fully saturated rings. The first-order valence-electron chi connectivity index (χ1n) is 6.74. The third-order valence-electron chi connectivity index (χ3n) is 2.61. The molecule has 0 saturated carbocycles. The molecule has 0 aliphatic rings. The summed E-state index contributed by atoms with van der Waals surface area (Å²) in [5.41, 5.74) is 1.03. The minimum atomic E-state index is 0.317. The lowest BCUT2D eigenvalue weighted by Crippen LogP contribution is -2.12. The molecule has 0 aliphatic heterocycles. The third kappa shape index (κ3) is 3.93. The Morgan fingerprint density at radius 3 is 2.40 bits per heavy atom. The molecule has 1 aromatic carbocycles. The molecule has 1 N–H and O–H groups in total. The van der Waals surface area contributed by atoms with Gasteiger partial charge < -0.3 is 14.8 Å². The van der Waals surface area contributed by atoms with Crippen molar-refractivity contribution in [1.82, 2.24) is 15.3 Å². The molecule has 0 atom stereocenters. The van der Waals surface area contributed by atoms with E-state index in [1.54, 1.807) is 12.4 Å². The third-order valence-corrected chi connectivity index (χ3v) is 2.61. The standard InChI is InChI=1S/C15H19N3O2/c1-3-16-9-12-10-17-15(18-11-12)20-14-8-6-5-7-13(14)19-4-2/h5-8,10-11,16H,3-4,9H2,1-2H3. The maximum absolute atomic E-state index is 5.65. The van der Waals surface area contributed by atoms with Crippen LogP contribution in [0.4, 0.5) is 0 Å². The van der Waals surface area contributed by atoms with E-state index in [1.807, 2.05) is 31.2 Å². The lowest BCUT2D eigenvalue weighted by atomic mass is 10.3. The number of para-hydroxylation sites is 2. The van der Waals surface area contributed by atoms with Gasteiger partial charge in [0.05, 0.1) is 6.61 Å². The average Bonchev–Trinajstić information content (AvgIpc) is 2.49. The van der Waals surface area contributed by atoms with Crippen molar-refractivity contribution in [2.24, 2.45) is 0 Å². The molecule has 20 heavy (non-hydrogen) atoms. The molecule has 2 aromatic rings. The number of ether oxygens (including phenoxy) is 2. The monoisotopic (exact) mass is 273 g/mol. The Morgan fingerprint density at radius 1 is 1.05 bits per heavy atom. The number of nitrogens with one attached hydrogen (secondary N) is 1. The summed E-state index contributed by atoms with van der Waals surface area (Å²) >= 11 is 0. The first kappa shape index (κ1) is 14.3. The first-order valence-corrected chi connectivity index (χ1v) is 6.74. The maximum atomic E-state index is 5.65. The summed E-state index contributed by atoms with van der Waals surface area (Å²) in [4.78, 5) is 8.40.